The molecular formula is C23H19F3N6O3. The van der Waals surface area contributed by atoms with Gasteiger partial charge in [0.25, 0.3) is 5.91 Å². The van der Waals surface area contributed by atoms with Crippen LogP contribution < -0.4 is 15.8 Å². The van der Waals surface area contributed by atoms with Gasteiger partial charge in [-0.2, -0.15) is 8.78 Å². The molecule has 1 saturated heterocycles. The molecule has 0 bridgehead atoms. The largest absolute Gasteiger partial charge is 0.435 e. The van der Waals surface area contributed by atoms with E-state index < -0.39 is 18.3 Å². The highest BCUT2D eigenvalue weighted by Crippen LogP contribution is 2.33. The van der Waals surface area contributed by atoms with Crippen LogP contribution in [0.15, 0.2) is 55.1 Å². The minimum atomic E-state index is -2.98. The van der Waals surface area contributed by atoms with E-state index >= 15 is 0 Å². The Morgan fingerprint density at radius 1 is 1.17 bits per heavy atom. The Labute approximate surface area is 196 Å². The molecular weight excluding hydrogens is 465 g/mol. The lowest BCUT2D eigenvalue weighted by Gasteiger charge is -2.15. The van der Waals surface area contributed by atoms with Gasteiger partial charge in [-0.1, -0.05) is 12.1 Å². The van der Waals surface area contributed by atoms with Gasteiger partial charge in [0.05, 0.1) is 54.3 Å². The average Bonchev–Trinajstić information content (AvgIpc) is 3.42. The second-order valence-corrected chi connectivity index (χ2v) is 7.89. The molecule has 5 rings (SSSR count). The van der Waals surface area contributed by atoms with Crippen LogP contribution in [0.5, 0.6) is 5.75 Å². The SMILES string of the molecule is N[C@@H]1COC[C@H]1NC(=O)c1cnc2c(-c3cccc(OC(F)F)c3)cn(-c3ncc(F)cn3)c2c1. The number of amides is 1. The fourth-order valence-corrected chi connectivity index (χ4v) is 3.85. The van der Waals surface area contributed by atoms with Gasteiger partial charge in [-0.05, 0) is 23.8 Å². The van der Waals surface area contributed by atoms with Crippen LogP contribution in [0.3, 0.4) is 0 Å². The van der Waals surface area contributed by atoms with E-state index in [1.807, 2.05) is 0 Å². The molecule has 4 heterocycles. The quantitative estimate of drug-likeness (QED) is 0.432. The molecule has 1 aromatic carbocycles. The summed E-state index contributed by atoms with van der Waals surface area (Å²) in [6, 6.07) is 7.06. The highest BCUT2D eigenvalue weighted by Gasteiger charge is 2.27. The summed E-state index contributed by atoms with van der Waals surface area (Å²) in [5.41, 5.74) is 8.18. The van der Waals surface area contributed by atoms with Crippen LogP contribution in [0.1, 0.15) is 10.4 Å². The van der Waals surface area contributed by atoms with E-state index in [0.717, 1.165) is 12.4 Å². The van der Waals surface area contributed by atoms with Crippen LogP contribution in [0, 0.1) is 5.82 Å². The van der Waals surface area contributed by atoms with E-state index in [-0.39, 0.29) is 29.3 Å². The van der Waals surface area contributed by atoms with E-state index in [2.05, 4.69) is 25.0 Å². The maximum atomic E-state index is 13.4. The van der Waals surface area contributed by atoms with Gasteiger partial charge in [0.15, 0.2) is 5.82 Å². The van der Waals surface area contributed by atoms with Gasteiger partial charge in [0.1, 0.15) is 5.75 Å². The van der Waals surface area contributed by atoms with E-state index in [1.54, 1.807) is 29.0 Å². The molecule has 1 aliphatic heterocycles. The van der Waals surface area contributed by atoms with Crippen molar-refractivity contribution in [1.29, 1.82) is 0 Å². The summed E-state index contributed by atoms with van der Waals surface area (Å²) in [5, 5.41) is 2.83. The lowest BCUT2D eigenvalue weighted by molar-refractivity contribution is -0.0498. The fraction of sp³-hybridized carbons (Fsp3) is 0.217. The predicted molar refractivity (Wildman–Crippen MR) is 119 cm³/mol. The summed E-state index contributed by atoms with van der Waals surface area (Å²) in [7, 11) is 0. The highest BCUT2D eigenvalue weighted by atomic mass is 19.3. The Bertz CT molecular complexity index is 1380. The zero-order valence-electron chi connectivity index (χ0n) is 18.1. The molecule has 1 amide bonds. The van der Waals surface area contributed by atoms with Crippen LogP contribution in [-0.2, 0) is 4.74 Å². The number of carbonyl (C=O) groups excluding carboxylic acids is 1. The van der Waals surface area contributed by atoms with Crippen molar-refractivity contribution < 1.29 is 27.4 Å². The van der Waals surface area contributed by atoms with Gasteiger partial charge >= 0.3 is 6.61 Å². The summed E-state index contributed by atoms with van der Waals surface area (Å²) < 4.78 is 50.2. The summed E-state index contributed by atoms with van der Waals surface area (Å²) in [4.78, 5) is 25.4. The molecule has 0 unspecified atom stereocenters. The Balaban J connectivity index is 1.60. The number of halogens is 3. The van der Waals surface area contributed by atoms with Crippen LogP contribution in [0.4, 0.5) is 13.2 Å². The number of alkyl halides is 2. The Morgan fingerprint density at radius 2 is 1.97 bits per heavy atom. The Kier molecular flexibility index (Phi) is 6.05. The molecule has 1 fully saturated rings. The lowest BCUT2D eigenvalue weighted by atomic mass is 10.1. The first kappa shape index (κ1) is 22.7. The topological polar surface area (TPSA) is 117 Å². The molecule has 9 nitrogen and oxygen atoms in total. The summed E-state index contributed by atoms with van der Waals surface area (Å²) in [6.07, 6.45) is 5.06. The number of fused-ring (bicyclic) bond motifs is 1. The molecule has 180 valence electrons. The van der Waals surface area contributed by atoms with E-state index in [0.29, 0.717) is 35.4 Å². The number of nitrogens with one attached hydrogen (secondary N) is 1. The third-order valence-electron chi connectivity index (χ3n) is 5.54. The molecule has 3 N–H and O–H groups in total. The molecule has 0 spiro atoms. The van der Waals surface area contributed by atoms with Crippen LogP contribution in [-0.4, -0.2) is 57.3 Å². The second-order valence-electron chi connectivity index (χ2n) is 7.89. The number of hydrogen-bond donors (Lipinski definition) is 2. The molecule has 3 aromatic heterocycles. The van der Waals surface area contributed by atoms with Crippen molar-refractivity contribution >= 4 is 16.9 Å². The highest BCUT2D eigenvalue weighted by molar-refractivity contribution is 6.00. The number of carbonyl (C=O) groups is 1. The minimum Gasteiger partial charge on any atom is -0.435 e. The molecule has 1 aliphatic rings. The molecule has 12 heteroatoms. The maximum Gasteiger partial charge on any atom is 0.387 e. The summed E-state index contributed by atoms with van der Waals surface area (Å²) in [5.74, 6) is -0.904. The Hall–Kier alpha value is -4.03. The molecule has 0 aliphatic carbocycles. The second kappa shape index (κ2) is 9.31. The fourth-order valence-electron chi connectivity index (χ4n) is 3.85. The smallest absolute Gasteiger partial charge is 0.387 e. The van der Waals surface area contributed by atoms with Crippen molar-refractivity contribution in [3.63, 3.8) is 0 Å². The molecule has 2 atom stereocenters. The van der Waals surface area contributed by atoms with E-state index in [1.165, 1.54) is 18.3 Å². The number of ether oxygens (including phenoxy) is 2. The average molecular weight is 484 g/mol. The first-order chi connectivity index (χ1) is 16.9. The van der Waals surface area contributed by atoms with Gasteiger partial charge in [-0.25, -0.2) is 14.4 Å². The van der Waals surface area contributed by atoms with Crippen molar-refractivity contribution in [2.75, 3.05) is 13.2 Å². The molecule has 4 aromatic rings. The maximum absolute atomic E-state index is 13.4. The van der Waals surface area contributed by atoms with Crippen molar-refractivity contribution in [2.24, 2.45) is 5.73 Å². The molecule has 35 heavy (non-hydrogen) atoms. The number of benzene rings is 1. The standard InChI is InChI=1S/C23H19F3N6O3/c24-14-7-29-23(30-8-14)32-9-16(12-2-1-3-15(4-12)35-22(25)26)20-19(32)5-13(6-28-20)21(33)31-18-11-34-10-17(18)27/h1-9,17-18,22H,10-11,27H2,(H,31,33)/t17-,18-/m1/s1. The number of pyridine rings is 1. The van der Waals surface area contributed by atoms with Crippen molar-refractivity contribution in [3.8, 4) is 22.8 Å². The van der Waals surface area contributed by atoms with E-state index in [4.69, 9.17) is 10.5 Å². The summed E-state index contributed by atoms with van der Waals surface area (Å²) in [6.45, 7) is -2.31. The van der Waals surface area contributed by atoms with Crippen molar-refractivity contribution in [3.05, 3.63) is 66.5 Å². The van der Waals surface area contributed by atoms with Crippen LogP contribution >= 0.6 is 0 Å². The number of nitrogens with two attached hydrogens (primary N) is 1. The third kappa shape index (κ3) is 4.66. The predicted octanol–water partition coefficient (Wildman–Crippen LogP) is 2.68. The van der Waals surface area contributed by atoms with Gasteiger partial charge in [-0.3, -0.25) is 14.3 Å². The third-order valence-corrected chi connectivity index (χ3v) is 5.54. The number of rotatable bonds is 6. The molecule has 0 saturated carbocycles. The van der Waals surface area contributed by atoms with Crippen molar-refractivity contribution in [1.82, 2.24) is 24.8 Å². The molecule has 0 radical (unpaired) electrons. The van der Waals surface area contributed by atoms with E-state index in [9.17, 15) is 18.0 Å². The first-order valence-corrected chi connectivity index (χ1v) is 10.6. The monoisotopic (exact) mass is 484 g/mol. The number of nitrogens with zero attached hydrogens (tertiary/aromatic N) is 4. The number of aromatic nitrogens is 4. The van der Waals surface area contributed by atoms with Gasteiger partial charge in [0.2, 0.25) is 5.95 Å². The zero-order valence-corrected chi connectivity index (χ0v) is 18.1. The first-order valence-electron chi connectivity index (χ1n) is 10.6. The van der Waals surface area contributed by atoms with Gasteiger partial charge in [0, 0.05) is 18.0 Å². The summed E-state index contributed by atoms with van der Waals surface area (Å²) >= 11 is 0. The van der Waals surface area contributed by atoms with Crippen LogP contribution in [0.2, 0.25) is 0 Å². The van der Waals surface area contributed by atoms with Gasteiger partial charge < -0.3 is 20.5 Å². The zero-order chi connectivity index (χ0) is 24.5. The number of hydrogen-bond acceptors (Lipinski definition) is 7. The minimum absolute atomic E-state index is 0.0254. The van der Waals surface area contributed by atoms with Crippen LogP contribution in [0.25, 0.3) is 28.1 Å². The Morgan fingerprint density at radius 3 is 2.69 bits per heavy atom. The normalized spacial score (nSPS) is 17.7. The van der Waals surface area contributed by atoms with Gasteiger partial charge in [-0.15, -0.1) is 0 Å². The lowest BCUT2D eigenvalue weighted by Crippen LogP contribution is -2.46. The van der Waals surface area contributed by atoms with Crippen molar-refractivity contribution in [2.45, 2.75) is 18.7 Å².